The van der Waals surface area contributed by atoms with Crippen molar-refractivity contribution < 1.29 is 33.4 Å². The first-order chi connectivity index (χ1) is 20.7. The first-order valence-corrected chi connectivity index (χ1v) is 13.9. The molecule has 2 aromatic carbocycles. The highest BCUT2D eigenvalue weighted by atomic mass is 16.6. The zero-order valence-corrected chi connectivity index (χ0v) is 24.3. The Morgan fingerprint density at radius 2 is 1.79 bits per heavy atom. The van der Waals surface area contributed by atoms with Gasteiger partial charge < -0.3 is 29.6 Å². The van der Waals surface area contributed by atoms with Crippen LogP contribution in [0.5, 0.6) is 5.75 Å². The Bertz CT molecular complexity index is 1550. The van der Waals surface area contributed by atoms with Crippen molar-refractivity contribution in [3.8, 4) is 17.2 Å². The van der Waals surface area contributed by atoms with E-state index in [0.29, 0.717) is 48.2 Å². The third kappa shape index (κ3) is 9.15. The first kappa shape index (κ1) is 30.8. The minimum absolute atomic E-state index is 0.0278. The number of pyridine rings is 1. The Morgan fingerprint density at radius 3 is 2.49 bits per heavy atom. The van der Waals surface area contributed by atoms with E-state index >= 15 is 0 Å². The molecule has 0 radical (unpaired) electrons. The molecule has 11 nitrogen and oxygen atoms in total. The number of carboxylic acids is 1. The van der Waals surface area contributed by atoms with E-state index in [1.807, 2.05) is 25.1 Å². The largest absolute Gasteiger partial charge is 0.493 e. The number of hydrogen-bond acceptors (Lipinski definition) is 8. The molecule has 0 saturated heterocycles. The number of ether oxygens (including phenoxy) is 2. The Balaban J connectivity index is 1.35. The zero-order valence-electron chi connectivity index (χ0n) is 24.3. The van der Waals surface area contributed by atoms with Crippen LogP contribution in [0.2, 0.25) is 0 Å². The topological polar surface area (TPSA) is 153 Å². The summed E-state index contributed by atoms with van der Waals surface area (Å²) in [6, 6.07) is 17.7. The second-order valence-corrected chi connectivity index (χ2v) is 10.00. The molecular weight excluding hydrogens is 552 g/mol. The van der Waals surface area contributed by atoms with Crippen molar-refractivity contribution in [1.29, 1.82) is 0 Å². The highest BCUT2D eigenvalue weighted by Gasteiger charge is 2.14. The Hall–Kier alpha value is -5.19. The fourth-order valence-corrected chi connectivity index (χ4v) is 4.20. The maximum Gasteiger partial charge on any atom is 0.407 e. The summed E-state index contributed by atoms with van der Waals surface area (Å²) < 4.78 is 17.0. The number of nitrogens with zero attached hydrogens (tertiary/aromatic N) is 2. The van der Waals surface area contributed by atoms with Crippen molar-refractivity contribution in [3.05, 3.63) is 95.1 Å². The summed E-state index contributed by atoms with van der Waals surface area (Å²) >= 11 is 0. The third-order valence-electron chi connectivity index (χ3n) is 6.34. The molecule has 2 heterocycles. The van der Waals surface area contributed by atoms with Gasteiger partial charge in [-0.05, 0) is 86.8 Å². The lowest BCUT2D eigenvalue weighted by atomic mass is 10.0. The molecule has 43 heavy (non-hydrogen) atoms. The van der Waals surface area contributed by atoms with Crippen molar-refractivity contribution in [1.82, 2.24) is 15.3 Å². The van der Waals surface area contributed by atoms with Crippen molar-refractivity contribution in [2.24, 2.45) is 0 Å². The Labute approximate surface area is 249 Å². The lowest BCUT2D eigenvalue weighted by Gasteiger charge is -2.14. The van der Waals surface area contributed by atoms with Crippen molar-refractivity contribution in [2.75, 3.05) is 11.9 Å². The van der Waals surface area contributed by atoms with Crippen LogP contribution >= 0.6 is 0 Å². The van der Waals surface area contributed by atoms with Gasteiger partial charge in [-0.25, -0.2) is 9.78 Å². The van der Waals surface area contributed by atoms with E-state index in [1.54, 1.807) is 62.5 Å². The van der Waals surface area contributed by atoms with Gasteiger partial charge in [0.05, 0.1) is 18.4 Å². The molecule has 0 saturated carbocycles. The van der Waals surface area contributed by atoms with Crippen LogP contribution < -0.4 is 15.4 Å². The number of carbonyl (C=O) groups excluding carboxylic acids is 2. The molecule has 4 rings (SSSR count). The number of benzene rings is 2. The van der Waals surface area contributed by atoms with E-state index in [0.717, 1.165) is 22.4 Å². The number of anilines is 1. The average molecular weight is 587 g/mol. The van der Waals surface area contributed by atoms with Gasteiger partial charge in [-0.2, -0.15) is 0 Å². The molecule has 0 unspecified atom stereocenters. The van der Waals surface area contributed by atoms with Gasteiger partial charge in [0.1, 0.15) is 17.2 Å². The number of alkyl carbamates (subject to hydrolysis) is 1. The predicted molar refractivity (Wildman–Crippen MR) is 159 cm³/mol. The van der Waals surface area contributed by atoms with Crippen molar-refractivity contribution in [3.63, 3.8) is 0 Å². The number of aryl methyl sites for hydroxylation is 2. The van der Waals surface area contributed by atoms with Gasteiger partial charge in [0.2, 0.25) is 5.89 Å². The van der Waals surface area contributed by atoms with Crippen LogP contribution in [0.3, 0.4) is 0 Å². The molecule has 0 atom stereocenters. The highest BCUT2D eigenvalue weighted by Crippen LogP contribution is 2.25. The van der Waals surface area contributed by atoms with Gasteiger partial charge in [-0.3, -0.25) is 14.6 Å². The van der Waals surface area contributed by atoms with Crippen LogP contribution in [0, 0.1) is 6.92 Å². The minimum Gasteiger partial charge on any atom is -0.493 e. The van der Waals surface area contributed by atoms with Gasteiger partial charge in [-0.15, -0.1) is 0 Å². The molecule has 3 N–H and O–H groups in total. The van der Waals surface area contributed by atoms with Gasteiger partial charge in [-0.1, -0.05) is 12.1 Å². The van der Waals surface area contributed by atoms with E-state index in [1.165, 1.54) is 0 Å². The maximum absolute atomic E-state index is 12.3. The van der Waals surface area contributed by atoms with Crippen LogP contribution in [-0.4, -0.2) is 45.8 Å². The number of hydrogen-bond donors (Lipinski definition) is 3. The Kier molecular flexibility index (Phi) is 10.5. The molecule has 0 aliphatic heterocycles. The summed E-state index contributed by atoms with van der Waals surface area (Å²) in [7, 11) is 0. The number of carboxylic acid groups (broad SMARTS) is 1. The average Bonchev–Trinajstić information content (AvgIpc) is 3.36. The number of amides is 2. The van der Waals surface area contributed by atoms with E-state index in [4.69, 9.17) is 19.0 Å². The first-order valence-electron chi connectivity index (χ1n) is 13.9. The van der Waals surface area contributed by atoms with Gasteiger partial charge >= 0.3 is 12.1 Å². The smallest absolute Gasteiger partial charge is 0.407 e. The second kappa shape index (κ2) is 14.6. The zero-order chi connectivity index (χ0) is 30.8. The van der Waals surface area contributed by atoms with Gasteiger partial charge in [0, 0.05) is 36.8 Å². The van der Waals surface area contributed by atoms with Crippen LogP contribution in [0.1, 0.15) is 53.3 Å². The van der Waals surface area contributed by atoms with Gasteiger partial charge in [0.25, 0.3) is 5.91 Å². The molecular formula is C32H34N4O7. The molecule has 11 heteroatoms. The molecule has 4 aromatic rings. The van der Waals surface area contributed by atoms with Crippen LogP contribution in [0.25, 0.3) is 11.5 Å². The van der Waals surface area contributed by atoms with Crippen molar-refractivity contribution in [2.45, 2.75) is 52.7 Å². The number of rotatable bonds is 13. The fourth-order valence-electron chi connectivity index (χ4n) is 4.20. The standard InChI is InChI=1S/C32H34N4O7/c1-20(2)42-32(40)34-19-24-18-26(13-9-22(24)10-14-29(37)38)41-17-15-27-21(3)43-31(36-27)23-7-11-25(12-8-23)35-30(39)28-6-4-5-16-33-28/h4-9,11-13,16,18,20H,10,14-15,17,19H2,1-3H3,(H,34,40)(H,35,39)(H,37,38). The van der Waals surface area contributed by atoms with Crippen LogP contribution in [0.15, 0.2) is 71.3 Å². The summed E-state index contributed by atoms with van der Waals surface area (Å²) in [4.78, 5) is 44.1. The molecule has 0 spiro atoms. The molecule has 224 valence electrons. The Morgan fingerprint density at radius 1 is 1.00 bits per heavy atom. The lowest BCUT2D eigenvalue weighted by Crippen LogP contribution is -2.26. The molecule has 0 aliphatic rings. The number of aliphatic carboxylic acids is 1. The van der Waals surface area contributed by atoms with E-state index in [9.17, 15) is 14.4 Å². The summed E-state index contributed by atoms with van der Waals surface area (Å²) in [6.45, 7) is 5.85. The maximum atomic E-state index is 12.3. The lowest BCUT2D eigenvalue weighted by molar-refractivity contribution is -0.136. The van der Waals surface area contributed by atoms with Crippen LogP contribution in [0.4, 0.5) is 10.5 Å². The third-order valence-corrected chi connectivity index (χ3v) is 6.34. The number of aromatic nitrogens is 2. The molecule has 0 fully saturated rings. The summed E-state index contributed by atoms with van der Waals surface area (Å²) in [6.07, 6.45) is 1.54. The van der Waals surface area contributed by atoms with E-state index in [-0.39, 0.29) is 25.0 Å². The summed E-state index contributed by atoms with van der Waals surface area (Å²) in [5.41, 5.74) is 4.01. The predicted octanol–water partition coefficient (Wildman–Crippen LogP) is 5.57. The molecule has 2 amide bonds. The number of oxazole rings is 1. The monoisotopic (exact) mass is 586 g/mol. The molecule has 2 aromatic heterocycles. The van der Waals surface area contributed by atoms with Gasteiger partial charge in [0.15, 0.2) is 0 Å². The summed E-state index contributed by atoms with van der Waals surface area (Å²) in [5.74, 6) is 0.514. The highest BCUT2D eigenvalue weighted by molar-refractivity contribution is 6.02. The van der Waals surface area contributed by atoms with E-state index in [2.05, 4.69) is 20.6 Å². The molecule has 0 bridgehead atoms. The van der Waals surface area contributed by atoms with E-state index < -0.39 is 12.1 Å². The summed E-state index contributed by atoms with van der Waals surface area (Å²) in [5, 5.41) is 14.6. The fraction of sp³-hybridized carbons (Fsp3) is 0.281. The normalized spacial score (nSPS) is 10.8. The quantitative estimate of drug-likeness (QED) is 0.182. The molecule has 0 aliphatic carbocycles. The van der Waals surface area contributed by atoms with Crippen LogP contribution in [-0.2, 0) is 28.9 Å². The minimum atomic E-state index is -0.899. The number of nitrogens with one attached hydrogen (secondary N) is 2. The second-order valence-electron chi connectivity index (χ2n) is 10.00. The van der Waals surface area contributed by atoms with Crippen molar-refractivity contribution >= 4 is 23.7 Å². The number of carbonyl (C=O) groups is 3. The SMILES string of the molecule is Cc1oc(-c2ccc(NC(=O)c3ccccn3)cc2)nc1CCOc1ccc(CCC(=O)O)c(CNC(=O)OC(C)C)c1.